The summed E-state index contributed by atoms with van der Waals surface area (Å²) in [4.78, 5) is 33.0. The number of ether oxygens (including phenoxy) is 1. The van der Waals surface area contributed by atoms with Gasteiger partial charge in [-0.05, 0) is 50.8 Å². The number of carbonyl (C=O) groups excluding carboxylic acids is 1. The van der Waals surface area contributed by atoms with Gasteiger partial charge in [-0.3, -0.25) is 14.0 Å². The molecule has 0 amide bonds. The van der Waals surface area contributed by atoms with Gasteiger partial charge in [-0.2, -0.15) is 10.1 Å². The third-order valence-corrected chi connectivity index (χ3v) is 7.08. The fraction of sp³-hybridized carbons (Fsp3) is 0.333. The van der Waals surface area contributed by atoms with Gasteiger partial charge in [0.05, 0.1) is 18.8 Å². The average Bonchev–Trinajstić information content (AvgIpc) is 3.24. The number of benzene rings is 2. The highest BCUT2D eigenvalue weighted by Crippen LogP contribution is 2.33. The van der Waals surface area contributed by atoms with Crippen LogP contribution in [0.15, 0.2) is 58.9 Å². The zero-order chi connectivity index (χ0) is 27.0. The van der Waals surface area contributed by atoms with Gasteiger partial charge >= 0.3 is 5.97 Å². The van der Waals surface area contributed by atoms with Crippen LogP contribution in [0.1, 0.15) is 35.6 Å². The Morgan fingerprint density at radius 2 is 1.79 bits per heavy atom. The fourth-order valence-electron chi connectivity index (χ4n) is 5.37. The van der Waals surface area contributed by atoms with E-state index < -0.39 is 0 Å². The summed E-state index contributed by atoms with van der Waals surface area (Å²) in [7, 11) is 1.75. The lowest BCUT2D eigenvalue weighted by atomic mass is 9.96. The summed E-state index contributed by atoms with van der Waals surface area (Å²) in [5.41, 5.74) is 7.21. The fourth-order valence-corrected chi connectivity index (χ4v) is 5.37. The van der Waals surface area contributed by atoms with E-state index in [1.54, 1.807) is 18.5 Å². The normalized spacial score (nSPS) is 13.6. The quantitative estimate of drug-likeness (QED) is 0.355. The van der Waals surface area contributed by atoms with Crippen molar-refractivity contribution in [3.63, 3.8) is 0 Å². The van der Waals surface area contributed by atoms with Gasteiger partial charge in [0.15, 0.2) is 5.65 Å². The smallest absolute Gasteiger partial charge is 0.333 e. The molecule has 0 aliphatic carbocycles. The Morgan fingerprint density at radius 1 is 1.08 bits per heavy atom. The molecule has 2 aromatic heterocycles. The molecule has 0 fully saturated rings. The van der Waals surface area contributed by atoms with Gasteiger partial charge in [-0.15, -0.1) is 0 Å². The van der Waals surface area contributed by atoms with E-state index in [1.165, 1.54) is 5.56 Å². The minimum absolute atomic E-state index is 0.140. The number of esters is 1. The topological polar surface area (TPSA) is 82.2 Å². The third-order valence-electron chi connectivity index (χ3n) is 7.08. The molecule has 3 heterocycles. The summed E-state index contributed by atoms with van der Waals surface area (Å²) in [6.07, 6.45) is 2.39. The Morgan fingerprint density at radius 3 is 2.42 bits per heavy atom. The van der Waals surface area contributed by atoms with Crippen molar-refractivity contribution in [2.45, 2.75) is 40.7 Å². The summed E-state index contributed by atoms with van der Waals surface area (Å²) < 4.78 is 8.66. The van der Waals surface area contributed by atoms with Crippen LogP contribution in [0.4, 0.5) is 5.95 Å². The van der Waals surface area contributed by atoms with Gasteiger partial charge in [0.2, 0.25) is 5.95 Å². The number of hydrogen-bond acceptors (Lipinski definition) is 6. The Balaban J connectivity index is 1.66. The van der Waals surface area contributed by atoms with Crippen LogP contribution in [0.2, 0.25) is 0 Å². The summed E-state index contributed by atoms with van der Waals surface area (Å²) in [6, 6.07) is 14.4. The van der Waals surface area contributed by atoms with Crippen molar-refractivity contribution in [2.75, 3.05) is 24.6 Å². The second kappa shape index (κ2) is 10.3. The molecule has 8 nitrogen and oxygen atoms in total. The minimum atomic E-state index is -0.280. The number of carbonyl (C=O) groups is 1. The van der Waals surface area contributed by atoms with E-state index in [1.807, 2.05) is 33.9 Å². The highest BCUT2D eigenvalue weighted by molar-refractivity contribution is 5.93. The van der Waals surface area contributed by atoms with Crippen molar-refractivity contribution >= 4 is 23.0 Å². The van der Waals surface area contributed by atoms with E-state index in [0.717, 1.165) is 27.9 Å². The SMILES string of the molecule is CCOC(=O)C1=CCN(c2nc3nn(Cc4ccccc4)c(-c4c(C)cc(C)cc4C)c3c(=O)n2C)CC1. The zero-order valence-corrected chi connectivity index (χ0v) is 22.6. The van der Waals surface area contributed by atoms with Gasteiger partial charge in [-0.25, -0.2) is 4.79 Å². The molecule has 5 rings (SSSR count). The molecule has 4 aromatic rings. The summed E-state index contributed by atoms with van der Waals surface area (Å²) in [5.74, 6) is 0.257. The van der Waals surface area contributed by atoms with Crippen molar-refractivity contribution in [3.05, 3.63) is 86.7 Å². The molecule has 196 valence electrons. The molecule has 0 N–H and O–H groups in total. The number of anilines is 1. The van der Waals surface area contributed by atoms with Crippen molar-refractivity contribution in [2.24, 2.45) is 7.05 Å². The van der Waals surface area contributed by atoms with E-state index in [4.69, 9.17) is 14.8 Å². The first-order chi connectivity index (χ1) is 18.3. The molecule has 0 saturated heterocycles. The number of aryl methyl sites for hydroxylation is 3. The molecule has 0 bridgehead atoms. The highest BCUT2D eigenvalue weighted by atomic mass is 16.5. The second-order valence-corrected chi connectivity index (χ2v) is 9.89. The number of aromatic nitrogens is 4. The molecule has 38 heavy (non-hydrogen) atoms. The molecule has 1 aliphatic rings. The van der Waals surface area contributed by atoms with Crippen LogP contribution in [0.3, 0.4) is 0 Å². The van der Waals surface area contributed by atoms with E-state index in [0.29, 0.717) is 55.2 Å². The molecule has 0 unspecified atom stereocenters. The van der Waals surface area contributed by atoms with E-state index >= 15 is 0 Å². The lowest BCUT2D eigenvalue weighted by Crippen LogP contribution is -2.36. The predicted octanol–water partition coefficient (Wildman–Crippen LogP) is 4.47. The van der Waals surface area contributed by atoms with E-state index in [2.05, 4.69) is 45.0 Å². The summed E-state index contributed by atoms with van der Waals surface area (Å²) in [5, 5.41) is 5.41. The van der Waals surface area contributed by atoms with Crippen LogP contribution < -0.4 is 10.5 Å². The molecule has 8 heteroatoms. The van der Waals surface area contributed by atoms with Crippen LogP contribution in [0.5, 0.6) is 0 Å². The van der Waals surface area contributed by atoms with Gasteiger partial charge in [0, 0.05) is 31.3 Å². The Bertz CT molecular complexity index is 1590. The van der Waals surface area contributed by atoms with Crippen LogP contribution >= 0.6 is 0 Å². The van der Waals surface area contributed by atoms with Crippen molar-refractivity contribution in [1.29, 1.82) is 0 Å². The number of nitrogens with zero attached hydrogens (tertiary/aromatic N) is 5. The van der Waals surface area contributed by atoms with Crippen LogP contribution in [-0.2, 0) is 23.1 Å². The molecule has 0 saturated carbocycles. The maximum atomic E-state index is 14.0. The second-order valence-electron chi connectivity index (χ2n) is 9.89. The molecule has 2 aromatic carbocycles. The Hall–Kier alpha value is -4.20. The maximum Gasteiger partial charge on any atom is 0.333 e. The Labute approximate surface area is 222 Å². The maximum absolute atomic E-state index is 14.0. The first-order valence-corrected chi connectivity index (χ1v) is 13.0. The molecule has 0 atom stereocenters. The lowest BCUT2D eigenvalue weighted by molar-refractivity contribution is -0.138. The first-order valence-electron chi connectivity index (χ1n) is 13.0. The van der Waals surface area contributed by atoms with Crippen molar-refractivity contribution < 1.29 is 9.53 Å². The standard InChI is InChI=1S/C30H33N5O3/c1-6-38-29(37)23-12-14-34(15-13-23)30-31-27-25(28(36)33(30)5)26(24-20(3)16-19(2)17-21(24)4)35(32-27)18-22-10-8-7-9-11-22/h7-12,16-17H,6,13-15,18H2,1-5H3. The zero-order valence-electron chi connectivity index (χ0n) is 22.6. The molecule has 0 radical (unpaired) electrons. The molecule has 0 spiro atoms. The summed E-state index contributed by atoms with van der Waals surface area (Å²) in [6.45, 7) is 9.93. The van der Waals surface area contributed by atoms with E-state index in [9.17, 15) is 9.59 Å². The number of fused-ring (bicyclic) bond motifs is 1. The monoisotopic (exact) mass is 511 g/mol. The Kier molecular flexibility index (Phi) is 6.89. The van der Waals surface area contributed by atoms with Gasteiger partial charge in [0.1, 0.15) is 5.39 Å². The first kappa shape index (κ1) is 25.4. The highest BCUT2D eigenvalue weighted by Gasteiger charge is 2.26. The molecule has 1 aliphatic heterocycles. The van der Waals surface area contributed by atoms with Gasteiger partial charge < -0.3 is 9.64 Å². The van der Waals surface area contributed by atoms with Crippen molar-refractivity contribution in [1.82, 2.24) is 19.3 Å². The summed E-state index contributed by atoms with van der Waals surface area (Å²) >= 11 is 0. The average molecular weight is 512 g/mol. The number of rotatable bonds is 6. The van der Waals surface area contributed by atoms with Gasteiger partial charge in [-0.1, -0.05) is 54.1 Å². The van der Waals surface area contributed by atoms with Gasteiger partial charge in [0.25, 0.3) is 5.56 Å². The number of hydrogen-bond donors (Lipinski definition) is 0. The predicted molar refractivity (Wildman–Crippen MR) is 150 cm³/mol. The lowest BCUT2D eigenvalue weighted by Gasteiger charge is -2.27. The largest absolute Gasteiger partial charge is 0.463 e. The van der Waals surface area contributed by atoms with Crippen molar-refractivity contribution in [3.8, 4) is 11.3 Å². The van der Waals surface area contributed by atoms with Crippen LogP contribution in [0, 0.1) is 20.8 Å². The van der Waals surface area contributed by atoms with Crippen LogP contribution in [0.25, 0.3) is 22.3 Å². The minimum Gasteiger partial charge on any atom is -0.463 e. The van der Waals surface area contributed by atoms with Crippen LogP contribution in [-0.4, -0.2) is 45.0 Å². The third kappa shape index (κ3) is 4.62. The molecular weight excluding hydrogens is 478 g/mol. The van der Waals surface area contributed by atoms with E-state index in [-0.39, 0.29) is 11.5 Å². The molecular formula is C30H33N5O3.